The van der Waals surface area contributed by atoms with Gasteiger partial charge in [-0.15, -0.1) is 0 Å². The summed E-state index contributed by atoms with van der Waals surface area (Å²) < 4.78 is 4.61. The molecule has 0 aliphatic rings. The van der Waals surface area contributed by atoms with Crippen LogP contribution in [0.3, 0.4) is 0 Å². The normalized spacial score (nSPS) is 11.7. The van der Waals surface area contributed by atoms with Crippen molar-refractivity contribution in [3.05, 3.63) is 194 Å². The second-order valence-corrected chi connectivity index (χ2v) is 13.9. The maximum atomic E-state index is 5.09. The van der Waals surface area contributed by atoms with E-state index in [0.717, 1.165) is 44.5 Å². The van der Waals surface area contributed by atoms with Gasteiger partial charge in [0.25, 0.3) is 0 Å². The molecular weight excluding hydrogens is 657 g/mol. The van der Waals surface area contributed by atoms with Crippen molar-refractivity contribution in [3.63, 3.8) is 0 Å². The standard InChI is InChI=1S/C50H32N4/c1-4-14-33(15-5-1)37-24-38(34-16-6-2-7-17-34)26-39(25-37)40-31-51-50(52-32-40)54-46-23-13-12-22-42(46)44-29-45-43-27-35-18-10-11-19-36(35)28-47(43)53(48(45)30-49(44)54)41-20-8-3-9-21-41/h1-32H. The van der Waals surface area contributed by atoms with Crippen molar-refractivity contribution < 1.29 is 0 Å². The van der Waals surface area contributed by atoms with Crippen molar-refractivity contribution in [1.29, 1.82) is 0 Å². The fourth-order valence-corrected chi connectivity index (χ4v) is 8.21. The molecule has 0 saturated heterocycles. The summed E-state index contributed by atoms with van der Waals surface area (Å²) in [5.74, 6) is 0.639. The van der Waals surface area contributed by atoms with Gasteiger partial charge < -0.3 is 4.57 Å². The van der Waals surface area contributed by atoms with Crippen LogP contribution in [0.25, 0.3) is 99.4 Å². The molecule has 0 unspecified atom stereocenters. The van der Waals surface area contributed by atoms with E-state index in [1.807, 2.05) is 12.4 Å². The third-order valence-electron chi connectivity index (χ3n) is 10.8. The lowest BCUT2D eigenvalue weighted by Gasteiger charge is -2.12. The Kier molecular flexibility index (Phi) is 6.82. The van der Waals surface area contributed by atoms with Crippen LogP contribution in [0.15, 0.2) is 194 Å². The Morgan fingerprint density at radius 3 is 1.44 bits per heavy atom. The molecule has 0 atom stereocenters. The predicted octanol–water partition coefficient (Wildman–Crippen LogP) is 12.8. The van der Waals surface area contributed by atoms with Crippen molar-refractivity contribution in [2.45, 2.75) is 0 Å². The molecule has 0 aliphatic carbocycles. The van der Waals surface area contributed by atoms with Gasteiger partial charge in [0, 0.05) is 45.2 Å². The highest BCUT2D eigenvalue weighted by Crippen LogP contribution is 2.41. The van der Waals surface area contributed by atoms with E-state index in [0.29, 0.717) is 5.95 Å². The lowest BCUT2D eigenvalue weighted by atomic mass is 9.94. The highest BCUT2D eigenvalue weighted by Gasteiger charge is 2.20. The molecule has 252 valence electrons. The van der Waals surface area contributed by atoms with Gasteiger partial charge in [-0.1, -0.05) is 121 Å². The minimum Gasteiger partial charge on any atom is -0.309 e. The lowest BCUT2D eigenvalue weighted by Crippen LogP contribution is -2.01. The number of fused-ring (bicyclic) bond motifs is 7. The Morgan fingerprint density at radius 1 is 0.296 bits per heavy atom. The van der Waals surface area contributed by atoms with Crippen LogP contribution in [0, 0.1) is 0 Å². The van der Waals surface area contributed by atoms with Crippen molar-refractivity contribution in [3.8, 4) is 45.0 Å². The Labute approximate surface area is 311 Å². The second-order valence-electron chi connectivity index (χ2n) is 13.9. The lowest BCUT2D eigenvalue weighted by molar-refractivity contribution is 0.990. The Hall–Kier alpha value is -7.30. The van der Waals surface area contributed by atoms with Gasteiger partial charge in [-0.3, -0.25) is 4.57 Å². The zero-order valence-electron chi connectivity index (χ0n) is 29.3. The second kappa shape index (κ2) is 12.1. The molecule has 0 fully saturated rings. The summed E-state index contributed by atoms with van der Waals surface area (Å²) in [6, 6.07) is 65.1. The molecule has 54 heavy (non-hydrogen) atoms. The quantitative estimate of drug-likeness (QED) is 0.180. The first-order valence-corrected chi connectivity index (χ1v) is 18.3. The Balaban J connectivity index is 1.12. The molecule has 0 spiro atoms. The van der Waals surface area contributed by atoms with E-state index >= 15 is 0 Å². The summed E-state index contributed by atoms with van der Waals surface area (Å²) in [7, 11) is 0. The van der Waals surface area contributed by atoms with Crippen LogP contribution < -0.4 is 0 Å². The van der Waals surface area contributed by atoms with Crippen LogP contribution in [-0.2, 0) is 0 Å². The number of aromatic nitrogens is 4. The van der Waals surface area contributed by atoms with Gasteiger partial charge in [0.1, 0.15) is 0 Å². The van der Waals surface area contributed by atoms with E-state index < -0.39 is 0 Å². The van der Waals surface area contributed by atoms with E-state index in [1.165, 1.54) is 49.0 Å². The molecule has 0 radical (unpaired) electrons. The molecule has 0 amide bonds. The maximum absolute atomic E-state index is 5.09. The molecule has 3 aromatic heterocycles. The third kappa shape index (κ3) is 4.85. The molecule has 0 N–H and O–H groups in total. The smallest absolute Gasteiger partial charge is 0.234 e. The van der Waals surface area contributed by atoms with E-state index in [4.69, 9.17) is 9.97 Å². The molecule has 11 rings (SSSR count). The number of hydrogen-bond donors (Lipinski definition) is 0. The Morgan fingerprint density at radius 2 is 0.778 bits per heavy atom. The van der Waals surface area contributed by atoms with E-state index in [9.17, 15) is 0 Å². The number of hydrogen-bond acceptors (Lipinski definition) is 2. The van der Waals surface area contributed by atoms with Gasteiger partial charge in [-0.05, 0) is 99.3 Å². The number of rotatable bonds is 5. The summed E-state index contributed by atoms with van der Waals surface area (Å²) in [6.45, 7) is 0. The van der Waals surface area contributed by atoms with Crippen molar-refractivity contribution >= 4 is 54.4 Å². The van der Waals surface area contributed by atoms with E-state index in [2.05, 4.69) is 191 Å². The van der Waals surface area contributed by atoms with Crippen LogP contribution >= 0.6 is 0 Å². The topological polar surface area (TPSA) is 35.6 Å². The highest BCUT2D eigenvalue weighted by atomic mass is 15.2. The number of benzene rings is 8. The predicted molar refractivity (Wildman–Crippen MR) is 225 cm³/mol. The van der Waals surface area contributed by atoms with Gasteiger partial charge >= 0.3 is 0 Å². The monoisotopic (exact) mass is 688 g/mol. The van der Waals surface area contributed by atoms with Gasteiger partial charge in [-0.2, -0.15) is 0 Å². The zero-order chi connectivity index (χ0) is 35.6. The number of para-hydroxylation sites is 2. The molecule has 0 saturated carbocycles. The first kappa shape index (κ1) is 30.3. The van der Waals surface area contributed by atoms with Crippen LogP contribution in [-0.4, -0.2) is 19.1 Å². The summed E-state index contributed by atoms with van der Waals surface area (Å²) >= 11 is 0. The van der Waals surface area contributed by atoms with Gasteiger partial charge in [0.05, 0.1) is 22.1 Å². The minimum atomic E-state index is 0.639. The van der Waals surface area contributed by atoms with Crippen molar-refractivity contribution in [2.24, 2.45) is 0 Å². The summed E-state index contributed by atoms with van der Waals surface area (Å²) in [6.07, 6.45) is 3.93. The zero-order valence-corrected chi connectivity index (χ0v) is 29.3. The first-order chi connectivity index (χ1) is 26.8. The fraction of sp³-hybridized carbons (Fsp3) is 0. The van der Waals surface area contributed by atoms with E-state index in [1.54, 1.807) is 0 Å². The van der Waals surface area contributed by atoms with E-state index in [-0.39, 0.29) is 0 Å². The number of nitrogens with zero attached hydrogens (tertiary/aromatic N) is 4. The van der Waals surface area contributed by atoms with Crippen LogP contribution in [0.4, 0.5) is 0 Å². The average molecular weight is 689 g/mol. The van der Waals surface area contributed by atoms with Gasteiger partial charge in [0.2, 0.25) is 5.95 Å². The molecule has 8 aromatic carbocycles. The molecule has 0 bridgehead atoms. The van der Waals surface area contributed by atoms with Crippen LogP contribution in [0.2, 0.25) is 0 Å². The first-order valence-electron chi connectivity index (χ1n) is 18.3. The molecule has 4 heteroatoms. The third-order valence-corrected chi connectivity index (χ3v) is 10.8. The van der Waals surface area contributed by atoms with Crippen molar-refractivity contribution in [2.75, 3.05) is 0 Å². The van der Waals surface area contributed by atoms with Gasteiger partial charge in [0.15, 0.2) is 0 Å². The largest absolute Gasteiger partial charge is 0.309 e. The summed E-state index contributed by atoms with van der Waals surface area (Å²) in [5.41, 5.74) is 12.3. The molecule has 11 aromatic rings. The molecule has 0 aliphatic heterocycles. The maximum Gasteiger partial charge on any atom is 0.234 e. The van der Waals surface area contributed by atoms with Crippen LogP contribution in [0.5, 0.6) is 0 Å². The molecule has 3 heterocycles. The summed E-state index contributed by atoms with van der Waals surface area (Å²) in [5, 5.41) is 7.26. The summed E-state index contributed by atoms with van der Waals surface area (Å²) in [4.78, 5) is 10.2. The highest BCUT2D eigenvalue weighted by molar-refractivity contribution is 6.20. The minimum absolute atomic E-state index is 0.639. The SMILES string of the molecule is c1ccc(-c2cc(-c3ccccc3)cc(-c3cnc(-n4c5ccccc5c5cc6c7cc8ccccc8cc7n(-c7ccccc7)c6cc54)nc3)c2)cc1. The average Bonchev–Trinajstić information content (AvgIpc) is 3.74. The van der Waals surface area contributed by atoms with Gasteiger partial charge in [-0.25, -0.2) is 9.97 Å². The van der Waals surface area contributed by atoms with Crippen LogP contribution in [0.1, 0.15) is 0 Å². The Bertz CT molecular complexity index is 3120. The molecular formula is C50H32N4. The van der Waals surface area contributed by atoms with Crippen molar-refractivity contribution in [1.82, 2.24) is 19.1 Å². The molecule has 4 nitrogen and oxygen atoms in total. The fourth-order valence-electron chi connectivity index (χ4n) is 8.21.